The zero-order chi connectivity index (χ0) is 13.7. The smallest absolute Gasteiger partial charge is 0.258 e. The van der Waals surface area contributed by atoms with Gasteiger partial charge in [-0.05, 0) is 12.1 Å². The number of halogens is 3. The van der Waals surface area contributed by atoms with E-state index in [1.165, 1.54) is 0 Å². The fraction of sp³-hybridized carbons (Fsp3) is 0.167. The van der Waals surface area contributed by atoms with Crippen LogP contribution in [0.5, 0.6) is 0 Å². The predicted octanol–water partition coefficient (Wildman–Crippen LogP) is 1.70. The number of hydrogen-bond donors (Lipinski definition) is 0. The second-order valence-electron chi connectivity index (χ2n) is 3.25. The summed E-state index contributed by atoms with van der Waals surface area (Å²) in [5, 5.41) is 8.49. The Bertz CT molecular complexity index is 542. The largest absolute Gasteiger partial charge is 0.314 e. The number of nitriles is 1. The fourth-order valence-corrected chi connectivity index (χ4v) is 1.26. The van der Waals surface area contributed by atoms with Crippen molar-refractivity contribution in [3.63, 3.8) is 0 Å². The molecular weight excluding hydrogens is 245 g/mol. The van der Waals surface area contributed by atoms with E-state index in [1.807, 2.05) is 0 Å². The first kappa shape index (κ1) is 13.6. The van der Waals surface area contributed by atoms with Crippen LogP contribution in [0.1, 0.15) is 10.4 Å². The first-order chi connectivity index (χ1) is 8.52. The third-order valence-electron chi connectivity index (χ3n) is 2.10. The Kier molecular flexibility index (Phi) is 4.33. The molecule has 0 heterocycles. The van der Waals surface area contributed by atoms with Crippen molar-refractivity contribution in [1.29, 1.82) is 5.26 Å². The van der Waals surface area contributed by atoms with Gasteiger partial charge in [-0.25, -0.2) is 13.2 Å². The van der Waals surface area contributed by atoms with Crippen molar-refractivity contribution in [3.05, 3.63) is 35.1 Å². The molecule has 3 nitrogen and oxygen atoms in total. The Balaban J connectivity index is 3.14. The van der Waals surface area contributed by atoms with Crippen molar-refractivity contribution in [2.75, 3.05) is 13.1 Å². The number of carbonyl (C=O) groups is 1. The van der Waals surface area contributed by atoms with Gasteiger partial charge in [0, 0.05) is 0 Å². The second kappa shape index (κ2) is 5.74. The van der Waals surface area contributed by atoms with Gasteiger partial charge >= 0.3 is 0 Å². The highest BCUT2D eigenvalue weighted by molar-refractivity contribution is 5.94. The van der Waals surface area contributed by atoms with Crippen LogP contribution in [0.2, 0.25) is 0 Å². The molecule has 0 atom stereocenters. The minimum absolute atomic E-state index is 0.231. The summed E-state index contributed by atoms with van der Waals surface area (Å²) >= 11 is 0. The number of terminal acetylenes is 1. The van der Waals surface area contributed by atoms with E-state index in [0.717, 1.165) is 11.0 Å². The van der Waals surface area contributed by atoms with Crippen LogP contribution in [0.4, 0.5) is 13.2 Å². The molecule has 0 bridgehead atoms. The van der Waals surface area contributed by atoms with Gasteiger partial charge in [-0.3, -0.25) is 4.79 Å². The van der Waals surface area contributed by atoms with Gasteiger partial charge in [0.1, 0.15) is 6.54 Å². The van der Waals surface area contributed by atoms with Gasteiger partial charge in [0.2, 0.25) is 0 Å². The molecule has 6 heteroatoms. The molecule has 0 unspecified atom stereocenters. The third kappa shape index (κ3) is 2.61. The molecule has 1 aromatic rings. The maximum atomic E-state index is 13.4. The molecule has 1 amide bonds. The first-order valence-electron chi connectivity index (χ1n) is 4.76. The predicted molar refractivity (Wildman–Crippen MR) is 56.7 cm³/mol. The van der Waals surface area contributed by atoms with E-state index in [2.05, 4.69) is 5.92 Å². The van der Waals surface area contributed by atoms with Gasteiger partial charge in [0.25, 0.3) is 5.91 Å². The standard InChI is InChI=1S/C12H7F3N2O/c1-2-6-17(7-5-16)12(18)8-3-4-9(13)11(15)10(8)14/h1,3-4H,6-7H2. The Hall–Kier alpha value is -2.47. The number of hydrogen-bond acceptors (Lipinski definition) is 2. The molecule has 0 aromatic heterocycles. The van der Waals surface area contributed by atoms with E-state index in [4.69, 9.17) is 11.7 Å². The van der Waals surface area contributed by atoms with E-state index < -0.39 is 28.9 Å². The molecular formula is C12H7F3N2O. The van der Waals surface area contributed by atoms with Crippen molar-refractivity contribution in [3.8, 4) is 18.4 Å². The highest BCUT2D eigenvalue weighted by atomic mass is 19.2. The van der Waals surface area contributed by atoms with E-state index >= 15 is 0 Å². The molecule has 0 aliphatic heterocycles. The maximum absolute atomic E-state index is 13.4. The average Bonchev–Trinajstić information content (AvgIpc) is 2.35. The monoisotopic (exact) mass is 252 g/mol. The summed E-state index contributed by atoms with van der Waals surface area (Å²) in [6.45, 7) is -0.605. The molecule has 1 rings (SSSR count). The highest BCUT2D eigenvalue weighted by Gasteiger charge is 2.22. The summed E-state index contributed by atoms with van der Waals surface area (Å²) in [6.07, 6.45) is 4.99. The molecule has 0 saturated heterocycles. The van der Waals surface area contributed by atoms with E-state index in [9.17, 15) is 18.0 Å². The van der Waals surface area contributed by atoms with E-state index in [0.29, 0.717) is 6.07 Å². The topological polar surface area (TPSA) is 44.1 Å². The van der Waals surface area contributed by atoms with Crippen molar-refractivity contribution >= 4 is 5.91 Å². The molecule has 0 aliphatic rings. The van der Waals surface area contributed by atoms with Crippen LogP contribution >= 0.6 is 0 Å². The van der Waals surface area contributed by atoms with Crippen LogP contribution in [0.15, 0.2) is 12.1 Å². The fourth-order valence-electron chi connectivity index (χ4n) is 1.26. The molecule has 0 aliphatic carbocycles. The number of carbonyl (C=O) groups excluding carboxylic acids is 1. The summed E-state index contributed by atoms with van der Waals surface area (Å²) in [7, 11) is 0. The van der Waals surface area contributed by atoms with Crippen molar-refractivity contribution in [1.82, 2.24) is 4.90 Å². The average molecular weight is 252 g/mol. The lowest BCUT2D eigenvalue weighted by molar-refractivity contribution is 0.0789. The van der Waals surface area contributed by atoms with E-state index in [-0.39, 0.29) is 13.1 Å². The third-order valence-corrected chi connectivity index (χ3v) is 2.10. The second-order valence-corrected chi connectivity index (χ2v) is 3.25. The molecule has 0 N–H and O–H groups in total. The summed E-state index contributed by atoms with van der Waals surface area (Å²) < 4.78 is 39.0. The van der Waals surface area contributed by atoms with Gasteiger partial charge in [-0.15, -0.1) is 6.42 Å². The number of nitrogens with zero attached hydrogens (tertiary/aromatic N) is 2. The quantitative estimate of drug-likeness (QED) is 0.467. The van der Waals surface area contributed by atoms with Gasteiger partial charge in [0.15, 0.2) is 17.5 Å². The van der Waals surface area contributed by atoms with Crippen LogP contribution in [0, 0.1) is 41.1 Å². The summed E-state index contributed by atoms with van der Waals surface area (Å²) in [5.41, 5.74) is -0.667. The highest BCUT2D eigenvalue weighted by Crippen LogP contribution is 2.16. The number of amides is 1. The zero-order valence-corrected chi connectivity index (χ0v) is 9.08. The Morgan fingerprint density at radius 3 is 2.50 bits per heavy atom. The summed E-state index contributed by atoms with van der Waals surface area (Å²) in [6, 6.07) is 3.10. The molecule has 1 aromatic carbocycles. The lowest BCUT2D eigenvalue weighted by atomic mass is 10.1. The summed E-state index contributed by atoms with van der Waals surface area (Å²) in [4.78, 5) is 12.6. The van der Waals surface area contributed by atoms with Gasteiger partial charge < -0.3 is 4.90 Å². The molecule has 0 fully saturated rings. The minimum Gasteiger partial charge on any atom is -0.314 e. The normalized spacial score (nSPS) is 9.39. The van der Waals surface area contributed by atoms with Gasteiger partial charge in [0.05, 0.1) is 18.2 Å². The molecule has 0 radical (unpaired) electrons. The zero-order valence-electron chi connectivity index (χ0n) is 9.08. The number of benzene rings is 1. The minimum atomic E-state index is -1.74. The Morgan fingerprint density at radius 1 is 1.28 bits per heavy atom. The number of rotatable bonds is 3. The molecule has 92 valence electrons. The van der Waals surface area contributed by atoms with Crippen LogP contribution < -0.4 is 0 Å². The lowest BCUT2D eigenvalue weighted by Gasteiger charge is -2.16. The van der Waals surface area contributed by atoms with E-state index in [1.54, 1.807) is 6.07 Å². The molecule has 18 heavy (non-hydrogen) atoms. The first-order valence-corrected chi connectivity index (χ1v) is 4.76. The van der Waals surface area contributed by atoms with Crippen LogP contribution in [0.3, 0.4) is 0 Å². The van der Waals surface area contributed by atoms with Gasteiger partial charge in [-0.1, -0.05) is 5.92 Å². The van der Waals surface area contributed by atoms with Crippen LogP contribution in [0.25, 0.3) is 0 Å². The van der Waals surface area contributed by atoms with Crippen molar-refractivity contribution in [2.45, 2.75) is 0 Å². The van der Waals surface area contributed by atoms with Crippen LogP contribution in [-0.2, 0) is 0 Å². The van der Waals surface area contributed by atoms with Crippen molar-refractivity contribution < 1.29 is 18.0 Å². The van der Waals surface area contributed by atoms with Crippen LogP contribution in [-0.4, -0.2) is 23.9 Å². The van der Waals surface area contributed by atoms with Gasteiger partial charge in [-0.2, -0.15) is 5.26 Å². The maximum Gasteiger partial charge on any atom is 0.258 e. The molecule has 0 spiro atoms. The Labute approximate surface area is 101 Å². The summed E-state index contributed by atoms with van der Waals surface area (Å²) in [5.74, 6) is -3.58. The SMILES string of the molecule is C#CCN(CC#N)C(=O)c1ccc(F)c(F)c1F. The Morgan fingerprint density at radius 2 is 1.94 bits per heavy atom. The molecule has 0 saturated carbocycles. The van der Waals surface area contributed by atoms with Crippen molar-refractivity contribution in [2.24, 2.45) is 0 Å². The lowest BCUT2D eigenvalue weighted by Crippen LogP contribution is -2.32.